The highest BCUT2D eigenvalue weighted by atomic mass is 16.5. The molecule has 1 aliphatic rings. The molecule has 0 aliphatic heterocycles. The summed E-state index contributed by atoms with van der Waals surface area (Å²) in [6, 6.07) is 13.7. The first-order chi connectivity index (χ1) is 17.6. The molecule has 1 amide bonds. The van der Waals surface area contributed by atoms with Crippen molar-refractivity contribution in [3.63, 3.8) is 0 Å². The minimum absolute atomic E-state index is 0.0396. The molecule has 192 valence electrons. The second kappa shape index (κ2) is 12.6. The second-order valence-corrected chi connectivity index (χ2v) is 9.36. The van der Waals surface area contributed by atoms with Gasteiger partial charge in [0.05, 0.1) is 13.2 Å². The van der Waals surface area contributed by atoms with E-state index in [-0.39, 0.29) is 11.9 Å². The molecule has 0 saturated heterocycles. The van der Waals surface area contributed by atoms with Gasteiger partial charge in [-0.2, -0.15) is 0 Å². The number of benzene rings is 1. The van der Waals surface area contributed by atoms with Crippen LogP contribution in [0, 0.1) is 5.92 Å². The highest BCUT2D eigenvalue weighted by Gasteiger charge is 2.29. The van der Waals surface area contributed by atoms with Crippen molar-refractivity contribution in [2.75, 3.05) is 26.1 Å². The van der Waals surface area contributed by atoms with Gasteiger partial charge < -0.3 is 24.5 Å². The summed E-state index contributed by atoms with van der Waals surface area (Å²) in [4.78, 5) is 16.7. The molecule has 3 aromatic rings. The predicted molar refractivity (Wildman–Crippen MR) is 141 cm³/mol. The summed E-state index contributed by atoms with van der Waals surface area (Å²) < 4.78 is 17.0. The fourth-order valence-corrected chi connectivity index (χ4v) is 4.89. The van der Waals surface area contributed by atoms with E-state index in [1.165, 1.54) is 19.3 Å². The fourth-order valence-electron chi connectivity index (χ4n) is 4.89. The Bertz CT molecular complexity index is 1100. The first-order valence-corrected chi connectivity index (χ1v) is 12.9. The van der Waals surface area contributed by atoms with E-state index in [9.17, 15) is 4.79 Å². The Morgan fingerprint density at radius 3 is 2.53 bits per heavy atom. The minimum atomic E-state index is -0.0396. The zero-order valence-corrected chi connectivity index (χ0v) is 21.5. The Kier molecular flexibility index (Phi) is 9.01. The number of carbonyl (C=O) groups excluding carboxylic acids is 1. The van der Waals surface area contributed by atoms with Crippen LogP contribution in [-0.4, -0.2) is 31.7 Å². The Balaban J connectivity index is 1.63. The molecule has 1 unspecified atom stereocenters. The Morgan fingerprint density at radius 2 is 1.89 bits per heavy atom. The van der Waals surface area contributed by atoms with Crippen LogP contribution in [0.1, 0.15) is 73.2 Å². The van der Waals surface area contributed by atoms with Gasteiger partial charge in [-0.1, -0.05) is 26.2 Å². The number of ether oxygens (including phenoxy) is 2. The molecule has 1 aliphatic carbocycles. The molecule has 36 heavy (non-hydrogen) atoms. The van der Waals surface area contributed by atoms with Crippen LogP contribution in [0.25, 0.3) is 11.3 Å². The molecule has 2 aromatic heterocycles. The summed E-state index contributed by atoms with van der Waals surface area (Å²) in [7, 11) is 3.29. The maximum Gasteiger partial charge on any atom is 0.251 e. The molecule has 1 saturated carbocycles. The summed E-state index contributed by atoms with van der Waals surface area (Å²) >= 11 is 0. The maximum atomic E-state index is 12.3. The lowest BCUT2D eigenvalue weighted by Gasteiger charge is -2.32. The molecule has 1 aromatic carbocycles. The number of carbonyl (C=O) groups is 1. The van der Waals surface area contributed by atoms with Crippen molar-refractivity contribution in [2.45, 2.75) is 58.1 Å². The van der Waals surface area contributed by atoms with E-state index < -0.39 is 0 Å². The van der Waals surface area contributed by atoms with Gasteiger partial charge in [0.2, 0.25) is 5.88 Å². The van der Waals surface area contributed by atoms with E-state index >= 15 is 0 Å². The number of furan rings is 1. The molecule has 7 nitrogen and oxygen atoms in total. The molecular weight excluding hydrogens is 454 g/mol. The molecule has 2 heterocycles. The van der Waals surface area contributed by atoms with Gasteiger partial charge in [0.15, 0.2) is 0 Å². The van der Waals surface area contributed by atoms with Gasteiger partial charge in [-0.3, -0.25) is 4.79 Å². The van der Waals surface area contributed by atoms with Gasteiger partial charge in [0.25, 0.3) is 5.91 Å². The Morgan fingerprint density at radius 1 is 1.11 bits per heavy atom. The number of hydrogen-bond donors (Lipinski definition) is 2. The van der Waals surface area contributed by atoms with Crippen molar-refractivity contribution in [1.82, 2.24) is 10.3 Å². The average molecular weight is 492 g/mol. The summed E-state index contributed by atoms with van der Waals surface area (Å²) in [5.41, 5.74) is 3.65. The lowest BCUT2D eigenvalue weighted by atomic mass is 9.81. The summed E-state index contributed by atoms with van der Waals surface area (Å²) in [6.07, 6.45) is 8.74. The monoisotopic (exact) mass is 491 g/mol. The standard InChI is InChI=1S/C29H37N3O4/c1-4-16-30-29(33)21-10-13-23(14-11-21)32-28(20-8-6-5-7-9-20)24-17-25(36-26(24)19-34-2)22-12-15-27(35-3)31-18-22/h10-15,17-18,20,28,32H,4-9,16,19H2,1-3H3,(H,30,33). The highest BCUT2D eigenvalue weighted by Crippen LogP contribution is 2.41. The van der Waals surface area contributed by atoms with Gasteiger partial charge in [-0.25, -0.2) is 4.98 Å². The predicted octanol–water partition coefficient (Wildman–Crippen LogP) is 6.37. The second-order valence-electron chi connectivity index (χ2n) is 9.36. The number of anilines is 1. The topological polar surface area (TPSA) is 85.6 Å². The van der Waals surface area contributed by atoms with Gasteiger partial charge in [0, 0.05) is 48.3 Å². The number of nitrogens with one attached hydrogen (secondary N) is 2. The summed E-state index contributed by atoms with van der Waals surface area (Å²) in [5.74, 6) is 2.58. The van der Waals surface area contributed by atoms with E-state index in [1.54, 1.807) is 20.4 Å². The summed E-state index contributed by atoms with van der Waals surface area (Å²) in [5, 5.41) is 6.71. The molecule has 0 spiro atoms. The van der Waals surface area contributed by atoms with E-state index in [0.717, 1.165) is 47.6 Å². The van der Waals surface area contributed by atoms with Crippen LogP contribution in [0.5, 0.6) is 5.88 Å². The number of pyridine rings is 1. The third-order valence-electron chi connectivity index (χ3n) is 6.81. The number of rotatable bonds is 11. The van der Waals surface area contributed by atoms with Crippen LogP contribution >= 0.6 is 0 Å². The third kappa shape index (κ3) is 6.26. The Labute approximate surface area is 213 Å². The average Bonchev–Trinajstić information content (AvgIpc) is 3.35. The van der Waals surface area contributed by atoms with Crippen LogP contribution < -0.4 is 15.4 Å². The van der Waals surface area contributed by atoms with Crippen molar-refractivity contribution >= 4 is 11.6 Å². The fraction of sp³-hybridized carbons (Fsp3) is 0.448. The first kappa shape index (κ1) is 25.8. The van der Waals surface area contributed by atoms with Crippen molar-refractivity contribution in [1.29, 1.82) is 0 Å². The minimum Gasteiger partial charge on any atom is -0.481 e. The van der Waals surface area contributed by atoms with Crippen molar-refractivity contribution in [3.8, 4) is 17.2 Å². The van der Waals surface area contributed by atoms with Crippen LogP contribution in [-0.2, 0) is 11.3 Å². The van der Waals surface area contributed by atoms with Crippen LogP contribution in [0.4, 0.5) is 5.69 Å². The van der Waals surface area contributed by atoms with Crippen LogP contribution in [0.2, 0.25) is 0 Å². The molecule has 1 fully saturated rings. The van der Waals surface area contributed by atoms with Crippen molar-refractivity contribution in [2.24, 2.45) is 5.92 Å². The lowest BCUT2D eigenvalue weighted by Crippen LogP contribution is -2.25. The van der Waals surface area contributed by atoms with Gasteiger partial charge in [0.1, 0.15) is 18.1 Å². The zero-order chi connectivity index (χ0) is 25.3. The van der Waals surface area contributed by atoms with Crippen LogP contribution in [0.15, 0.2) is 53.1 Å². The van der Waals surface area contributed by atoms with E-state index in [2.05, 4.69) is 21.7 Å². The molecule has 1 atom stereocenters. The number of amides is 1. The van der Waals surface area contributed by atoms with Gasteiger partial charge in [-0.05, 0) is 61.6 Å². The third-order valence-corrected chi connectivity index (χ3v) is 6.81. The molecular formula is C29H37N3O4. The lowest BCUT2D eigenvalue weighted by molar-refractivity contribution is 0.0953. The quantitative estimate of drug-likeness (QED) is 0.324. The number of methoxy groups -OCH3 is 2. The number of aromatic nitrogens is 1. The van der Waals surface area contributed by atoms with Gasteiger partial charge in [-0.15, -0.1) is 0 Å². The Hall–Kier alpha value is -3.32. The SMILES string of the molecule is CCCNC(=O)c1ccc(NC(c2cc(-c3ccc(OC)nc3)oc2COC)C2CCCCC2)cc1. The number of hydrogen-bond acceptors (Lipinski definition) is 6. The molecule has 0 bridgehead atoms. The largest absolute Gasteiger partial charge is 0.481 e. The normalized spacial score (nSPS) is 14.9. The van der Waals surface area contributed by atoms with Gasteiger partial charge >= 0.3 is 0 Å². The van der Waals surface area contributed by atoms with E-state index in [1.807, 2.05) is 43.3 Å². The molecule has 7 heteroatoms. The summed E-state index contributed by atoms with van der Waals surface area (Å²) in [6.45, 7) is 3.11. The molecule has 2 N–H and O–H groups in total. The highest BCUT2D eigenvalue weighted by molar-refractivity contribution is 5.94. The van der Waals surface area contributed by atoms with E-state index in [0.29, 0.717) is 30.5 Å². The zero-order valence-electron chi connectivity index (χ0n) is 21.5. The molecule has 4 rings (SSSR count). The van der Waals surface area contributed by atoms with E-state index in [4.69, 9.17) is 13.9 Å². The van der Waals surface area contributed by atoms with Crippen molar-refractivity contribution in [3.05, 3.63) is 65.5 Å². The number of nitrogens with zero attached hydrogens (tertiary/aromatic N) is 1. The van der Waals surface area contributed by atoms with Crippen molar-refractivity contribution < 1.29 is 18.7 Å². The maximum absolute atomic E-state index is 12.3. The first-order valence-electron chi connectivity index (χ1n) is 12.9. The molecule has 0 radical (unpaired) electrons. The smallest absolute Gasteiger partial charge is 0.251 e. The van der Waals surface area contributed by atoms with Crippen LogP contribution in [0.3, 0.4) is 0 Å².